The molecule has 4 nitrogen and oxygen atoms in total. The second-order valence-corrected chi connectivity index (χ2v) is 6.19. The number of benzene rings is 1. The van der Waals surface area contributed by atoms with Crippen LogP contribution in [0, 0.1) is 0 Å². The highest BCUT2D eigenvalue weighted by atomic mass is 35.5. The lowest BCUT2D eigenvalue weighted by Gasteiger charge is -2.38. The Bertz CT molecular complexity index is 491. The first-order valence-corrected chi connectivity index (χ1v) is 7.77. The van der Waals surface area contributed by atoms with E-state index in [1.165, 1.54) is 0 Å². The number of halogens is 1. The van der Waals surface area contributed by atoms with Crippen molar-refractivity contribution in [1.82, 2.24) is 4.90 Å². The van der Waals surface area contributed by atoms with Gasteiger partial charge in [0.1, 0.15) is 5.75 Å². The van der Waals surface area contributed by atoms with Crippen molar-refractivity contribution < 1.29 is 14.3 Å². The second kappa shape index (κ2) is 6.24. The number of carbonyl (C=O) groups excluding carboxylic acids is 1. The number of rotatable bonds is 4. The van der Waals surface area contributed by atoms with E-state index in [-0.39, 0.29) is 12.5 Å². The minimum atomic E-state index is 0.0759. The normalized spacial score (nSPS) is 27.7. The summed E-state index contributed by atoms with van der Waals surface area (Å²) in [6, 6.07) is 7.71. The first-order valence-electron chi connectivity index (χ1n) is 7.39. The van der Waals surface area contributed by atoms with Crippen molar-refractivity contribution in [3.8, 4) is 5.75 Å². The fraction of sp³-hybridized carbons (Fsp3) is 0.562. The smallest absolute Gasteiger partial charge is 0.261 e. The van der Waals surface area contributed by atoms with Crippen LogP contribution in [0.25, 0.3) is 0 Å². The molecule has 1 aromatic rings. The Balaban J connectivity index is 1.57. The predicted molar refractivity (Wildman–Crippen MR) is 80.6 cm³/mol. The van der Waals surface area contributed by atoms with E-state index in [1.54, 1.807) is 31.4 Å². The topological polar surface area (TPSA) is 38.8 Å². The molecule has 0 aromatic heterocycles. The van der Waals surface area contributed by atoms with Crippen LogP contribution >= 0.6 is 11.6 Å². The van der Waals surface area contributed by atoms with Crippen molar-refractivity contribution in [2.24, 2.45) is 0 Å². The van der Waals surface area contributed by atoms with Gasteiger partial charge in [-0.3, -0.25) is 4.79 Å². The molecule has 0 saturated carbocycles. The van der Waals surface area contributed by atoms with Gasteiger partial charge >= 0.3 is 0 Å². The highest BCUT2D eigenvalue weighted by Crippen LogP contribution is 2.36. The SMILES string of the molecule is COC1CC2CCC(C1)N2C(=O)COc1ccc(Cl)cc1. The van der Waals surface area contributed by atoms with Crippen LogP contribution in [0.5, 0.6) is 5.75 Å². The summed E-state index contributed by atoms with van der Waals surface area (Å²) in [5.41, 5.74) is 0. The fourth-order valence-corrected chi connectivity index (χ4v) is 3.60. The summed E-state index contributed by atoms with van der Waals surface area (Å²) in [5.74, 6) is 0.749. The Morgan fingerprint density at radius 2 is 1.86 bits per heavy atom. The summed E-state index contributed by atoms with van der Waals surface area (Å²) in [6.07, 6.45) is 4.34. The number of piperidine rings is 1. The van der Waals surface area contributed by atoms with Crippen molar-refractivity contribution in [2.45, 2.75) is 43.9 Å². The van der Waals surface area contributed by atoms with E-state index in [1.807, 2.05) is 4.90 Å². The molecular formula is C16H20ClNO3. The summed E-state index contributed by atoms with van der Waals surface area (Å²) in [5, 5.41) is 0.661. The summed E-state index contributed by atoms with van der Waals surface area (Å²) >= 11 is 5.83. The van der Waals surface area contributed by atoms with Crippen molar-refractivity contribution in [2.75, 3.05) is 13.7 Å². The Labute approximate surface area is 130 Å². The predicted octanol–water partition coefficient (Wildman–Crippen LogP) is 2.89. The van der Waals surface area contributed by atoms with E-state index < -0.39 is 0 Å². The molecule has 1 aromatic carbocycles. The molecule has 1 amide bonds. The van der Waals surface area contributed by atoms with Gasteiger partial charge in [-0.1, -0.05) is 11.6 Å². The fourth-order valence-electron chi connectivity index (χ4n) is 3.48. The summed E-state index contributed by atoms with van der Waals surface area (Å²) in [6.45, 7) is 0.0896. The molecule has 5 heteroatoms. The largest absolute Gasteiger partial charge is 0.484 e. The monoisotopic (exact) mass is 309 g/mol. The van der Waals surface area contributed by atoms with Crippen molar-refractivity contribution >= 4 is 17.5 Å². The van der Waals surface area contributed by atoms with Crippen LogP contribution in [0.3, 0.4) is 0 Å². The van der Waals surface area contributed by atoms with Gasteiger partial charge in [-0.25, -0.2) is 0 Å². The quantitative estimate of drug-likeness (QED) is 0.858. The molecule has 0 spiro atoms. The van der Waals surface area contributed by atoms with E-state index in [0.717, 1.165) is 25.7 Å². The van der Waals surface area contributed by atoms with Gasteiger partial charge in [-0.15, -0.1) is 0 Å². The van der Waals surface area contributed by atoms with Gasteiger partial charge in [-0.05, 0) is 49.9 Å². The molecule has 3 rings (SSSR count). The van der Waals surface area contributed by atoms with Gasteiger partial charge in [0.05, 0.1) is 6.10 Å². The second-order valence-electron chi connectivity index (χ2n) is 5.76. The van der Waals surface area contributed by atoms with Gasteiger partial charge in [-0.2, -0.15) is 0 Å². The van der Waals surface area contributed by atoms with E-state index in [0.29, 0.717) is 29.0 Å². The molecule has 21 heavy (non-hydrogen) atoms. The molecule has 0 N–H and O–H groups in total. The maximum Gasteiger partial charge on any atom is 0.261 e. The number of amides is 1. The number of hydrogen-bond acceptors (Lipinski definition) is 3. The highest BCUT2D eigenvalue weighted by Gasteiger charge is 2.43. The number of methoxy groups -OCH3 is 1. The van der Waals surface area contributed by atoms with Crippen molar-refractivity contribution in [3.05, 3.63) is 29.3 Å². The van der Waals surface area contributed by atoms with E-state index in [9.17, 15) is 4.79 Å². The Morgan fingerprint density at radius 1 is 1.24 bits per heavy atom. The van der Waals surface area contributed by atoms with Gasteiger partial charge in [0.25, 0.3) is 5.91 Å². The van der Waals surface area contributed by atoms with Crippen LogP contribution < -0.4 is 4.74 Å². The summed E-state index contributed by atoms with van der Waals surface area (Å²) in [4.78, 5) is 14.4. The first kappa shape index (κ1) is 14.7. The lowest BCUT2D eigenvalue weighted by atomic mass is 10.00. The number of nitrogens with zero attached hydrogens (tertiary/aromatic N) is 1. The van der Waals surface area contributed by atoms with Crippen molar-refractivity contribution in [1.29, 1.82) is 0 Å². The molecule has 2 aliphatic heterocycles. The molecule has 0 aliphatic carbocycles. The minimum absolute atomic E-state index is 0.0759. The molecule has 2 bridgehead atoms. The van der Waals surface area contributed by atoms with Crippen LogP contribution in [0.15, 0.2) is 24.3 Å². The van der Waals surface area contributed by atoms with E-state index >= 15 is 0 Å². The van der Waals surface area contributed by atoms with Gasteiger partial charge in [0, 0.05) is 24.2 Å². The molecule has 2 atom stereocenters. The van der Waals surface area contributed by atoms with Crippen LogP contribution in [0.4, 0.5) is 0 Å². The maximum absolute atomic E-state index is 12.4. The lowest BCUT2D eigenvalue weighted by Crippen LogP contribution is -2.50. The molecule has 2 saturated heterocycles. The zero-order chi connectivity index (χ0) is 14.8. The van der Waals surface area contributed by atoms with Crippen LogP contribution in [-0.2, 0) is 9.53 Å². The molecule has 2 heterocycles. The van der Waals surface area contributed by atoms with Crippen molar-refractivity contribution in [3.63, 3.8) is 0 Å². The van der Waals surface area contributed by atoms with E-state index in [4.69, 9.17) is 21.1 Å². The Hall–Kier alpha value is -1.26. The third-order valence-electron chi connectivity index (χ3n) is 4.49. The lowest BCUT2D eigenvalue weighted by molar-refractivity contribution is -0.140. The molecule has 0 radical (unpaired) electrons. The van der Waals surface area contributed by atoms with Crippen LogP contribution in [0.1, 0.15) is 25.7 Å². The Kier molecular flexibility index (Phi) is 4.36. The number of carbonyl (C=O) groups is 1. The zero-order valence-corrected chi connectivity index (χ0v) is 12.9. The Morgan fingerprint density at radius 3 is 2.43 bits per heavy atom. The molecule has 114 valence electrons. The summed E-state index contributed by atoms with van der Waals surface area (Å²) in [7, 11) is 1.76. The maximum atomic E-state index is 12.4. The standard InChI is InChI=1S/C16H20ClNO3/c1-20-15-8-12-4-5-13(9-15)18(12)16(19)10-21-14-6-2-11(17)3-7-14/h2-3,6-7,12-13,15H,4-5,8-10H2,1H3. The number of ether oxygens (including phenoxy) is 2. The third kappa shape index (κ3) is 3.16. The first-order chi connectivity index (χ1) is 10.2. The van der Waals surface area contributed by atoms with Crippen LogP contribution in [0.2, 0.25) is 5.02 Å². The number of hydrogen-bond donors (Lipinski definition) is 0. The third-order valence-corrected chi connectivity index (χ3v) is 4.74. The summed E-state index contributed by atoms with van der Waals surface area (Å²) < 4.78 is 11.0. The highest BCUT2D eigenvalue weighted by molar-refractivity contribution is 6.30. The molecule has 2 aliphatic rings. The molecular weight excluding hydrogens is 290 g/mol. The zero-order valence-electron chi connectivity index (χ0n) is 12.1. The molecule has 2 unspecified atom stereocenters. The van der Waals surface area contributed by atoms with Crippen LogP contribution in [-0.4, -0.2) is 42.7 Å². The van der Waals surface area contributed by atoms with Gasteiger partial charge in [0.2, 0.25) is 0 Å². The molecule has 2 fully saturated rings. The minimum Gasteiger partial charge on any atom is -0.484 e. The van der Waals surface area contributed by atoms with E-state index in [2.05, 4.69) is 0 Å². The van der Waals surface area contributed by atoms with Gasteiger partial charge in [0.15, 0.2) is 6.61 Å². The number of fused-ring (bicyclic) bond motifs is 2. The average molecular weight is 310 g/mol. The van der Waals surface area contributed by atoms with Gasteiger partial charge < -0.3 is 14.4 Å². The average Bonchev–Trinajstić information content (AvgIpc) is 2.77.